The molecule has 0 amide bonds. The van der Waals surface area contributed by atoms with E-state index in [0.29, 0.717) is 0 Å². The van der Waals surface area contributed by atoms with Gasteiger partial charge >= 0.3 is 0 Å². The molecule has 2 aromatic carbocycles. The summed E-state index contributed by atoms with van der Waals surface area (Å²) >= 11 is 5.20. The maximum Gasteiger partial charge on any atom is 0.123 e. The van der Waals surface area contributed by atoms with E-state index in [1.165, 1.54) is 17.7 Å². The second-order valence-electron chi connectivity index (χ2n) is 4.42. The topological polar surface area (TPSA) is 38.0 Å². The molecule has 3 N–H and O–H groups in total. The number of halogens is 2. The first-order chi connectivity index (χ1) is 9.69. The van der Waals surface area contributed by atoms with Crippen molar-refractivity contribution in [1.82, 2.24) is 5.43 Å². The van der Waals surface area contributed by atoms with Crippen LogP contribution in [-0.4, -0.2) is 11.8 Å². The molecule has 0 spiro atoms. The quantitative estimate of drug-likeness (QED) is 0.471. The Morgan fingerprint density at radius 3 is 2.50 bits per heavy atom. The molecule has 5 heteroatoms. The molecule has 0 aliphatic carbocycles. The molecular formula is C15H16BrFN2S. The van der Waals surface area contributed by atoms with Crippen LogP contribution in [0, 0.1) is 5.82 Å². The third-order valence-electron chi connectivity index (χ3n) is 2.92. The molecule has 0 saturated heterocycles. The highest BCUT2D eigenvalue weighted by molar-refractivity contribution is 9.10. The summed E-state index contributed by atoms with van der Waals surface area (Å²) < 4.78 is 13.9. The van der Waals surface area contributed by atoms with E-state index in [9.17, 15) is 4.39 Å². The molecule has 106 valence electrons. The Balaban J connectivity index is 1.92. The highest BCUT2D eigenvalue weighted by Crippen LogP contribution is 2.22. The van der Waals surface area contributed by atoms with E-state index >= 15 is 0 Å². The zero-order chi connectivity index (χ0) is 14.4. The monoisotopic (exact) mass is 354 g/mol. The lowest BCUT2D eigenvalue weighted by Crippen LogP contribution is -2.38. The first-order valence-electron chi connectivity index (χ1n) is 6.27. The van der Waals surface area contributed by atoms with Crippen LogP contribution in [0.4, 0.5) is 4.39 Å². The van der Waals surface area contributed by atoms with Gasteiger partial charge in [-0.3, -0.25) is 11.3 Å². The fourth-order valence-corrected chi connectivity index (χ4v) is 3.21. The van der Waals surface area contributed by atoms with Crippen LogP contribution in [-0.2, 0) is 6.42 Å². The number of nitrogens with two attached hydrogens (primary N) is 1. The highest BCUT2D eigenvalue weighted by Gasteiger charge is 2.10. The zero-order valence-electron chi connectivity index (χ0n) is 10.9. The van der Waals surface area contributed by atoms with Crippen molar-refractivity contribution in [2.45, 2.75) is 17.4 Å². The minimum absolute atomic E-state index is 0.156. The minimum atomic E-state index is -0.212. The van der Waals surface area contributed by atoms with E-state index in [4.69, 9.17) is 5.84 Å². The van der Waals surface area contributed by atoms with Crippen LogP contribution >= 0.6 is 27.7 Å². The molecule has 0 aliphatic heterocycles. The smallest absolute Gasteiger partial charge is 0.123 e. The molecule has 0 bridgehead atoms. The van der Waals surface area contributed by atoms with Crippen LogP contribution in [0.2, 0.25) is 0 Å². The average molecular weight is 355 g/mol. The predicted octanol–water partition coefficient (Wildman–Crippen LogP) is 3.75. The molecule has 2 rings (SSSR count). The van der Waals surface area contributed by atoms with Crippen molar-refractivity contribution >= 4 is 27.7 Å². The summed E-state index contributed by atoms with van der Waals surface area (Å²) in [7, 11) is 0. The lowest BCUT2D eigenvalue weighted by atomic mass is 10.1. The molecule has 1 atom stereocenters. The number of hydrogen-bond acceptors (Lipinski definition) is 3. The normalized spacial score (nSPS) is 12.3. The molecule has 2 aromatic rings. The summed E-state index contributed by atoms with van der Waals surface area (Å²) in [5.74, 6) is 6.23. The summed E-state index contributed by atoms with van der Waals surface area (Å²) in [6.45, 7) is 0. The molecule has 0 aromatic heterocycles. The Kier molecular flexibility index (Phi) is 6.04. The fraction of sp³-hybridized carbons (Fsp3) is 0.200. The average Bonchev–Trinajstić information content (AvgIpc) is 2.47. The Morgan fingerprint density at radius 2 is 1.85 bits per heavy atom. The van der Waals surface area contributed by atoms with Gasteiger partial charge in [0.05, 0.1) is 0 Å². The van der Waals surface area contributed by atoms with Gasteiger partial charge in [-0.1, -0.05) is 34.1 Å². The first kappa shape index (κ1) is 15.5. The maximum atomic E-state index is 12.8. The second-order valence-corrected chi connectivity index (χ2v) is 6.37. The van der Waals surface area contributed by atoms with Crippen LogP contribution in [0.5, 0.6) is 0 Å². The number of hydrogen-bond donors (Lipinski definition) is 2. The number of thioether (sulfide) groups is 1. The molecule has 1 unspecified atom stereocenters. The minimum Gasteiger partial charge on any atom is -0.271 e. The van der Waals surface area contributed by atoms with E-state index in [2.05, 4.69) is 27.4 Å². The summed E-state index contributed by atoms with van der Waals surface area (Å²) in [4.78, 5) is 1.04. The van der Waals surface area contributed by atoms with Gasteiger partial charge in [-0.15, -0.1) is 11.8 Å². The van der Waals surface area contributed by atoms with Crippen molar-refractivity contribution in [3.63, 3.8) is 0 Å². The first-order valence-corrected chi connectivity index (χ1v) is 8.05. The van der Waals surface area contributed by atoms with Gasteiger partial charge in [-0.25, -0.2) is 4.39 Å². The van der Waals surface area contributed by atoms with E-state index in [-0.39, 0.29) is 11.9 Å². The number of benzene rings is 2. The largest absolute Gasteiger partial charge is 0.271 e. The molecule has 0 heterocycles. The molecular weight excluding hydrogens is 339 g/mol. The van der Waals surface area contributed by atoms with Crippen molar-refractivity contribution in [1.29, 1.82) is 0 Å². The van der Waals surface area contributed by atoms with Crippen molar-refractivity contribution in [2.24, 2.45) is 5.84 Å². The summed E-state index contributed by atoms with van der Waals surface area (Å²) in [6.07, 6.45) is 0.839. The van der Waals surface area contributed by atoms with Crippen molar-refractivity contribution in [2.75, 3.05) is 5.75 Å². The Hall–Kier alpha value is -0.880. The van der Waals surface area contributed by atoms with Crippen LogP contribution in [0.25, 0.3) is 0 Å². The van der Waals surface area contributed by atoms with Crippen molar-refractivity contribution in [3.05, 3.63) is 64.4 Å². The summed E-state index contributed by atoms with van der Waals surface area (Å²) in [6, 6.07) is 14.8. The third kappa shape index (κ3) is 4.59. The zero-order valence-corrected chi connectivity index (χ0v) is 13.3. The van der Waals surface area contributed by atoms with Crippen LogP contribution in [0.1, 0.15) is 5.56 Å². The van der Waals surface area contributed by atoms with E-state index < -0.39 is 0 Å². The van der Waals surface area contributed by atoms with E-state index in [1.807, 2.05) is 18.2 Å². The molecule has 2 nitrogen and oxygen atoms in total. The molecule has 0 saturated carbocycles. The third-order valence-corrected chi connectivity index (χ3v) is 4.87. The summed E-state index contributed by atoms with van der Waals surface area (Å²) in [5, 5.41) is 0. The van der Waals surface area contributed by atoms with Crippen LogP contribution < -0.4 is 11.3 Å². The number of nitrogens with one attached hydrogen (secondary N) is 1. The molecule has 0 aliphatic rings. The van der Waals surface area contributed by atoms with Gasteiger partial charge in [0.15, 0.2) is 0 Å². The summed E-state index contributed by atoms with van der Waals surface area (Å²) in [5.41, 5.74) is 4.06. The van der Waals surface area contributed by atoms with Gasteiger partial charge in [0, 0.05) is 21.2 Å². The van der Waals surface area contributed by atoms with Gasteiger partial charge in [0.25, 0.3) is 0 Å². The van der Waals surface area contributed by atoms with Gasteiger partial charge < -0.3 is 0 Å². The predicted molar refractivity (Wildman–Crippen MR) is 86.1 cm³/mol. The second kappa shape index (κ2) is 7.78. The van der Waals surface area contributed by atoms with Crippen LogP contribution in [0.3, 0.4) is 0 Å². The molecule has 0 fully saturated rings. The van der Waals surface area contributed by atoms with E-state index in [0.717, 1.165) is 21.5 Å². The number of hydrazine groups is 1. The van der Waals surface area contributed by atoms with Gasteiger partial charge in [-0.05, 0) is 42.3 Å². The highest BCUT2D eigenvalue weighted by atomic mass is 79.9. The lowest BCUT2D eigenvalue weighted by Gasteiger charge is -2.16. The molecule has 20 heavy (non-hydrogen) atoms. The van der Waals surface area contributed by atoms with Crippen LogP contribution in [0.15, 0.2) is 57.9 Å². The van der Waals surface area contributed by atoms with Crippen molar-refractivity contribution < 1.29 is 4.39 Å². The van der Waals surface area contributed by atoms with Gasteiger partial charge in [-0.2, -0.15) is 0 Å². The van der Waals surface area contributed by atoms with Gasteiger partial charge in [0.1, 0.15) is 5.82 Å². The lowest BCUT2D eigenvalue weighted by molar-refractivity contribution is 0.574. The van der Waals surface area contributed by atoms with Crippen molar-refractivity contribution in [3.8, 4) is 0 Å². The fourth-order valence-electron chi connectivity index (χ4n) is 1.82. The van der Waals surface area contributed by atoms with Gasteiger partial charge in [0.2, 0.25) is 0 Å². The van der Waals surface area contributed by atoms with E-state index in [1.54, 1.807) is 23.9 Å². The Morgan fingerprint density at radius 1 is 1.15 bits per heavy atom. The number of rotatable bonds is 6. The SMILES string of the molecule is NNC(CSc1ccc(F)cc1)Cc1ccccc1Br. The Labute approximate surface area is 131 Å². The Bertz CT molecular complexity index is 548. The molecule has 0 radical (unpaired) electrons. The maximum absolute atomic E-state index is 12.8. The standard InChI is InChI=1S/C15H16BrFN2S/c16-15-4-2-1-3-11(15)9-13(19-18)10-20-14-7-5-12(17)6-8-14/h1-8,13,19H,9-10,18H2.